The molecule has 7 nitrogen and oxygen atoms in total. The van der Waals surface area contributed by atoms with Gasteiger partial charge >= 0.3 is 0 Å². The Morgan fingerprint density at radius 1 is 0.900 bits per heavy atom. The van der Waals surface area contributed by atoms with Crippen molar-refractivity contribution >= 4 is 23.2 Å². The van der Waals surface area contributed by atoms with Gasteiger partial charge in [-0.05, 0) is 60.7 Å². The number of nitrogens with zero attached hydrogens (tertiary/aromatic N) is 1. The summed E-state index contributed by atoms with van der Waals surface area (Å²) in [7, 11) is 1.59. The summed E-state index contributed by atoms with van der Waals surface area (Å²) in [5, 5.41) is 5.60. The zero-order chi connectivity index (χ0) is 21.5. The summed E-state index contributed by atoms with van der Waals surface area (Å²) in [6.07, 6.45) is 1.58. The number of methoxy groups -OCH3 is 1. The van der Waals surface area contributed by atoms with Gasteiger partial charge in [-0.2, -0.15) is 0 Å². The topological polar surface area (TPSA) is 89.6 Å². The first-order chi connectivity index (χ1) is 14.5. The number of hydrogen-bond acceptors (Lipinski definition) is 5. The summed E-state index contributed by atoms with van der Waals surface area (Å²) in [5.74, 6) is 1.03. The molecule has 0 saturated heterocycles. The first kappa shape index (κ1) is 20.9. The van der Waals surface area contributed by atoms with Crippen LogP contribution in [0.4, 0.5) is 11.4 Å². The van der Waals surface area contributed by atoms with Crippen LogP contribution in [0.25, 0.3) is 0 Å². The van der Waals surface area contributed by atoms with Crippen LogP contribution in [-0.4, -0.2) is 23.9 Å². The first-order valence-corrected chi connectivity index (χ1v) is 9.45. The van der Waals surface area contributed by atoms with Crippen molar-refractivity contribution < 1.29 is 19.1 Å². The molecule has 2 amide bonds. The third kappa shape index (κ3) is 5.35. The fraction of sp³-hybridized carbons (Fsp3) is 0.174. The van der Waals surface area contributed by atoms with Crippen molar-refractivity contribution in [1.29, 1.82) is 0 Å². The van der Waals surface area contributed by atoms with Gasteiger partial charge in [0.15, 0.2) is 0 Å². The molecule has 0 unspecified atom stereocenters. The van der Waals surface area contributed by atoms with Crippen molar-refractivity contribution in [2.24, 2.45) is 5.92 Å². The lowest BCUT2D eigenvalue weighted by atomic mass is 10.1. The summed E-state index contributed by atoms with van der Waals surface area (Å²) in [6.45, 7) is 3.63. The van der Waals surface area contributed by atoms with E-state index in [4.69, 9.17) is 9.47 Å². The average molecular weight is 405 g/mol. The molecule has 30 heavy (non-hydrogen) atoms. The van der Waals surface area contributed by atoms with Gasteiger partial charge in [-0.15, -0.1) is 0 Å². The lowest BCUT2D eigenvalue weighted by Crippen LogP contribution is -2.18. The predicted octanol–water partition coefficient (Wildman–Crippen LogP) is 4.73. The molecule has 0 aliphatic rings. The van der Waals surface area contributed by atoms with E-state index in [2.05, 4.69) is 15.6 Å². The van der Waals surface area contributed by atoms with Crippen molar-refractivity contribution in [3.63, 3.8) is 0 Å². The van der Waals surface area contributed by atoms with Crippen LogP contribution < -0.4 is 20.1 Å². The molecule has 0 bridgehead atoms. The van der Waals surface area contributed by atoms with E-state index in [0.717, 1.165) is 0 Å². The maximum atomic E-state index is 12.6. The molecule has 0 fully saturated rings. The molecule has 0 aliphatic heterocycles. The fourth-order valence-corrected chi connectivity index (χ4v) is 2.51. The number of ether oxygens (including phenoxy) is 2. The number of aromatic nitrogens is 1. The fourth-order valence-electron chi connectivity index (χ4n) is 2.51. The van der Waals surface area contributed by atoms with E-state index in [-0.39, 0.29) is 23.6 Å². The van der Waals surface area contributed by atoms with E-state index < -0.39 is 0 Å². The molecule has 2 N–H and O–H groups in total. The molecular weight excluding hydrogens is 382 g/mol. The molecule has 3 aromatic rings. The largest absolute Gasteiger partial charge is 0.497 e. The molecule has 0 spiro atoms. The minimum atomic E-state index is -0.315. The highest BCUT2D eigenvalue weighted by molar-refractivity contribution is 6.05. The molecule has 2 aromatic carbocycles. The second kappa shape index (κ2) is 9.56. The van der Waals surface area contributed by atoms with Gasteiger partial charge in [0.2, 0.25) is 11.8 Å². The summed E-state index contributed by atoms with van der Waals surface area (Å²) in [5.41, 5.74) is 1.52. The van der Waals surface area contributed by atoms with E-state index in [1.807, 2.05) is 13.8 Å². The smallest absolute Gasteiger partial charge is 0.255 e. The maximum absolute atomic E-state index is 12.6. The molecular formula is C23H23N3O4. The highest BCUT2D eigenvalue weighted by Gasteiger charge is 2.13. The van der Waals surface area contributed by atoms with Crippen molar-refractivity contribution in [2.45, 2.75) is 13.8 Å². The van der Waals surface area contributed by atoms with Crippen LogP contribution in [0.1, 0.15) is 24.2 Å². The number of carbonyl (C=O) groups excluding carboxylic acids is 2. The second-order valence-electron chi connectivity index (χ2n) is 6.81. The number of anilines is 2. The number of rotatable bonds is 7. The SMILES string of the molecule is COc1ccc(Oc2ncccc2NC(=O)c2ccc(NC(=O)C(C)C)cc2)cc1. The lowest BCUT2D eigenvalue weighted by Gasteiger charge is -2.12. The Labute approximate surface area is 175 Å². The van der Waals surface area contributed by atoms with Crippen LogP contribution in [0.3, 0.4) is 0 Å². The predicted molar refractivity (Wildman–Crippen MR) is 115 cm³/mol. The third-order valence-corrected chi connectivity index (χ3v) is 4.23. The molecule has 1 heterocycles. The average Bonchev–Trinajstić information content (AvgIpc) is 2.76. The van der Waals surface area contributed by atoms with Crippen LogP contribution in [0, 0.1) is 5.92 Å². The number of carbonyl (C=O) groups is 2. The minimum absolute atomic E-state index is 0.0807. The summed E-state index contributed by atoms with van der Waals surface area (Å²) in [4.78, 5) is 28.6. The molecule has 7 heteroatoms. The Kier molecular flexibility index (Phi) is 6.64. The zero-order valence-electron chi connectivity index (χ0n) is 17.0. The van der Waals surface area contributed by atoms with Gasteiger partial charge in [0.05, 0.1) is 7.11 Å². The number of hydrogen-bond donors (Lipinski definition) is 2. The van der Waals surface area contributed by atoms with Gasteiger partial charge in [0.1, 0.15) is 17.2 Å². The van der Waals surface area contributed by atoms with Crippen molar-refractivity contribution in [2.75, 3.05) is 17.7 Å². The monoisotopic (exact) mass is 405 g/mol. The normalized spacial score (nSPS) is 10.4. The van der Waals surface area contributed by atoms with Crippen molar-refractivity contribution in [3.05, 3.63) is 72.4 Å². The van der Waals surface area contributed by atoms with Crippen LogP contribution >= 0.6 is 0 Å². The highest BCUT2D eigenvalue weighted by atomic mass is 16.5. The van der Waals surface area contributed by atoms with Gasteiger partial charge in [0, 0.05) is 23.4 Å². The van der Waals surface area contributed by atoms with E-state index in [9.17, 15) is 9.59 Å². The first-order valence-electron chi connectivity index (χ1n) is 9.45. The van der Waals surface area contributed by atoms with E-state index in [1.165, 1.54) is 0 Å². The van der Waals surface area contributed by atoms with Crippen LogP contribution in [0.15, 0.2) is 66.9 Å². The number of amides is 2. The molecule has 0 radical (unpaired) electrons. The van der Waals surface area contributed by atoms with E-state index >= 15 is 0 Å². The Balaban J connectivity index is 1.70. The molecule has 154 valence electrons. The molecule has 1 aromatic heterocycles. The highest BCUT2D eigenvalue weighted by Crippen LogP contribution is 2.28. The Hall–Kier alpha value is -3.87. The lowest BCUT2D eigenvalue weighted by molar-refractivity contribution is -0.118. The number of pyridine rings is 1. The molecule has 3 rings (SSSR count). The van der Waals surface area contributed by atoms with Gasteiger partial charge in [-0.25, -0.2) is 4.98 Å². The number of benzene rings is 2. The molecule has 0 atom stereocenters. The van der Waals surface area contributed by atoms with E-state index in [0.29, 0.717) is 28.4 Å². The van der Waals surface area contributed by atoms with Gasteiger partial charge < -0.3 is 20.1 Å². The van der Waals surface area contributed by atoms with Gasteiger partial charge in [-0.1, -0.05) is 13.8 Å². The summed E-state index contributed by atoms with van der Waals surface area (Å²) >= 11 is 0. The number of nitrogens with one attached hydrogen (secondary N) is 2. The van der Waals surface area contributed by atoms with Gasteiger partial charge in [0.25, 0.3) is 5.91 Å². The van der Waals surface area contributed by atoms with Crippen LogP contribution in [0.5, 0.6) is 17.4 Å². The second-order valence-corrected chi connectivity index (χ2v) is 6.81. The van der Waals surface area contributed by atoms with Crippen LogP contribution in [0.2, 0.25) is 0 Å². The van der Waals surface area contributed by atoms with Crippen LogP contribution in [-0.2, 0) is 4.79 Å². The molecule has 0 saturated carbocycles. The van der Waals surface area contributed by atoms with E-state index in [1.54, 1.807) is 74.0 Å². The standard InChI is InChI=1S/C23H23N3O4/c1-15(2)21(27)25-17-8-6-16(7-9-17)22(28)26-20-5-4-14-24-23(20)30-19-12-10-18(29-3)11-13-19/h4-15H,1-3H3,(H,25,27)(H,26,28). The zero-order valence-corrected chi connectivity index (χ0v) is 17.0. The van der Waals surface area contributed by atoms with Gasteiger partial charge in [-0.3, -0.25) is 9.59 Å². The maximum Gasteiger partial charge on any atom is 0.255 e. The van der Waals surface area contributed by atoms with Crippen molar-refractivity contribution in [3.8, 4) is 17.4 Å². The molecule has 0 aliphatic carbocycles. The quantitative estimate of drug-likeness (QED) is 0.593. The van der Waals surface area contributed by atoms with Crippen molar-refractivity contribution in [1.82, 2.24) is 4.98 Å². The third-order valence-electron chi connectivity index (χ3n) is 4.23. The summed E-state index contributed by atoms with van der Waals surface area (Å²) < 4.78 is 10.9. The summed E-state index contributed by atoms with van der Waals surface area (Å²) in [6, 6.07) is 17.1. The Bertz CT molecular complexity index is 1020. The minimum Gasteiger partial charge on any atom is -0.497 e. The Morgan fingerprint density at radius 3 is 2.20 bits per heavy atom. The Morgan fingerprint density at radius 2 is 1.57 bits per heavy atom.